The van der Waals surface area contributed by atoms with Crippen LogP contribution in [0.15, 0.2) is 65.6 Å². The molecule has 0 saturated carbocycles. The molecule has 2 nitrogen and oxygen atoms in total. The van der Waals surface area contributed by atoms with Crippen LogP contribution in [0.5, 0.6) is 5.75 Å². The number of halogens is 1. The van der Waals surface area contributed by atoms with Crippen LogP contribution in [0.2, 0.25) is 0 Å². The Kier molecular flexibility index (Phi) is 5.14. The van der Waals surface area contributed by atoms with Gasteiger partial charge in [0.15, 0.2) is 0 Å². The van der Waals surface area contributed by atoms with Crippen LogP contribution in [0.3, 0.4) is 0 Å². The van der Waals surface area contributed by atoms with Crippen molar-refractivity contribution < 1.29 is 8.60 Å². The second-order valence-electron chi connectivity index (χ2n) is 3.10. The van der Waals surface area contributed by atoms with Crippen LogP contribution in [0.4, 0.5) is 0 Å². The van der Waals surface area contributed by atoms with Gasteiger partial charge >= 0.3 is 7.58 Å². The van der Waals surface area contributed by atoms with Gasteiger partial charge in [0.1, 0.15) is 5.75 Å². The minimum atomic E-state index is -1.23. The highest BCUT2D eigenvalue weighted by atomic mass is 35.5. The van der Waals surface area contributed by atoms with Crippen molar-refractivity contribution in [3.8, 4) is 5.75 Å². The van der Waals surface area contributed by atoms with E-state index in [1.807, 2.05) is 60.7 Å². The van der Waals surface area contributed by atoms with Gasteiger partial charge in [-0.25, -0.2) is 4.08 Å². The highest BCUT2D eigenvalue weighted by Gasteiger charge is 2.14. The van der Waals surface area contributed by atoms with Gasteiger partial charge in [0.2, 0.25) is 0 Å². The van der Waals surface area contributed by atoms with E-state index in [0.29, 0.717) is 0 Å². The standard InChI is InChI=1S/C12H10ClO2PS/c13-15-16(14-11-7-3-1-4-8-11)17-12-9-5-2-6-10-12/h1-10H. The first-order valence-electron chi connectivity index (χ1n) is 4.93. The van der Waals surface area contributed by atoms with E-state index in [0.717, 1.165) is 10.6 Å². The van der Waals surface area contributed by atoms with Crippen molar-refractivity contribution in [2.24, 2.45) is 0 Å². The third-order valence-corrected chi connectivity index (χ3v) is 5.16. The summed E-state index contributed by atoms with van der Waals surface area (Å²) in [6.45, 7) is 0. The smallest absolute Gasteiger partial charge is 0.321 e. The highest BCUT2D eigenvalue weighted by Crippen LogP contribution is 2.56. The van der Waals surface area contributed by atoms with Gasteiger partial charge in [-0.05, 0) is 35.6 Å². The summed E-state index contributed by atoms with van der Waals surface area (Å²) in [6.07, 6.45) is 0. The molecule has 0 aromatic heterocycles. The van der Waals surface area contributed by atoms with Crippen molar-refractivity contribution in [2.45, 2.75) is 4.90 Å². The fraction of sp³-hybridized carbons (Fsp3) is 0. The predicted octanol–water partition coefficient (Wildman–Crippen LogP) is 5.26. The van der Waals surface area contributed by atoms with Gasteiger partial charge < -0.3 is 4.52 Å². The molecule has 0 radical (unpaired) electrons. The molecule has 1 atom stereocenters. The normalized spacial score (nSPS) is 12.1. The van der Waals surface area contributed by atoms with Crippen LogP contribution in [0, 0.1) is 0 Å². The third kappa shape index (κ3) is 4.21. The molecule has 0 aliphatic heterocycles. The van der Waals surface area contributed by atoms with Crippen molar-refractivity contribution in [1.82, 2.24) is 0 Å². The zero-order valence-corrected chi connectivity index (χ0v) is 11.3. The Labute approximate surface area is 111 Å². The van der Waals surface area contributed by atoms with Crippen LogP contribution in [-0.4, -0.2) is 0 Å². The average molecular weight is 285 g/mol. The first kappa shape index (κ1) is 12.7. The lowest BCUT2D eigenvalue weighted by Gasteiger charge is -2.12. The molecule has 5 heteroatoms. The molecule has 0 aliphatic rings. The summed E-state index contributed by atoms with van der Waals surface area (Å²) in [5, 5.41) is 0. The number of benzene rings is 2. The number of hydrogen-bond acceptors (Lipinski definition) is 3. The highest BCUT2D eigenvalue weighted by molar-refractivity contribution is 8.53. The Bertz CT molecular complexity index is 399. The lowest BCUT2D eigenvalue weighted by Crippen LogP contribution is -1.84. The molecule has 0 saturated heterocycles. The maximum absolute atomic E-state index is 5.64. The molecule has 2 aromatic rings. The van der Waals surface area contributed by atoms with Gasteiger partial charge in [-0.1, -0.05) is 36.4 Å². The molecule has 0 amide bonds. The Balaban J connectivity index is 1.98. The molecular weight excluding hydrogens is 275 g/mol. The van der Waals surface area contributed by atoms with Gasteiger partial charge in [-0.15, -0.1) is 0 Å². The van der Waals surface area contributed by atoms with Crippen molar-refractivity contribution in [2.75, 3.05) is 0 Å². The predicted molar refractivity (Wildman–Crippen MR) is 73.2 cm³/mol. The van der Waals surface area contributed by atoms with E-state index in [-0.39, 0.29) is 0 Å². The molecule has 0 heterocycles. The summed E-state index contributed by atoms with van der Waals surface area (Å²) in [5.41, 5.74) is 0. The van der Waals surface area contributed by atoms with Gasteiger partial charge in [-0.2, -0.15) is 0 Å². The molecule has 1 unspecified atom stereocenters. The largest absolute Gasteiger partial charge is 0.439 e. The minimum Gasteiger partial charge on any atom is -0.439 e. The maximum atomic E-state index is 5.64. The van der Waals surface area contributed by atoms with E-state index in [1.165, 1.54) is 11.4 Å². The zero-order chi connectivity index (χ0) is 11.9. The topological polar surface area (TPSA) is 18.5 Å². The summed E-state index contributed by atoms with van der Waals surface area (Å²) in [4.78, 5) is 1.06. The molecule has 0 N–H and O–H groups in total. The SMILES string of the molecule is ClOP(Oc1ccccc1)Sc1ccccc1. The Hall–Kier alpha value is -0.730. The number of hydrogen-bond donors (Lipinski definition) is 0. The van der Waals surface area contributed by atoms with Crippen LogP contribution < -0.4 is 4.52 Å². The van der Waals surface area contributed by atoms with Crippen LogP contribution in [-0.2, 0) is 4.08 Å². The second kappa shape index (κ2) is 6.87. The van der Waals surface area contributed by atoms with Crippen LogP contribution in [0.1, 0.15) is 0 Å². The first-order chi connectivity index (χ1) is 8.38. The second-order valence-corrected chi connectivity index (χ2v) is 6.38. The quantitative estimate of drug-likeness (QED) is 0.698. The van der Waals surface area contributed by atoms with Gasteiger partial charge in [0.25, 0.3) is 0 Å². The Morgan fingerprint density at radius 2 is 1.47 bits per heavy atom. The van der Waals surface area contributed by atoms with Crippen molar-refractivity contribution in [1.29, 1.82) is 0 Å². The van der Waals surface area contributed by atoms with Gasteiger partial charge in [0, 0.05) is 4.90 Å². The van der Waals surface area contributed by atoms with E-state index in [2.05, 4.69) is 0 Å². The third-order valence-electron chi connectivity index (χ3n) is 1.90. The summed E-state index contributed by atoms with van der Waals surface area (Å²) >= 11 is 6.92. The molecular formula is C12H10ClO2PS. The minimum absolute atomic E-state index is 0.752. The molecule has 0 bridgehead atoms. The summed E-state index contributed by atoms with van der Waals surface area (Å²) < 4.78 is 10.5. The lowest BCUT2D eigenvalue weighted by molar-refractivity contribution is 0.536. The summed E-state index contributed by atoms with van der Waals surface area (Å²) in [7, 11) is -1.23. The fourth-order valence-corrected chi connectivity index (χ4v) is 3.69. The lowest BCUT2D eigenvalue weighted by atomic mass is 10.3. The van der Waals surface area contributed by atoms with E-state index < -0.39 is 7.58 Å². The van der Waals surface area contributed by atoms with Crippen LogP contribution >= 0.6 is 30.8 Å². The summed E-state index contributed by atoms with van der Waals surface area (Å²) in [6, 6.07) is 19.4. The molecule has 17 heavy (non-hydrogen) atoms. The van der Waals surface area contributed by atoms with E-state index in [4.69, 9.17) is 20.5 Å². The van der Waals surface area contributed by atoms with E-state index >= 15 is 0 Å². The Morgan fingerprint density at radius 3 is 2.06 bits per heavy atom. The first-order valence-corrected chi connectivity index (χ1v) is 7.84. The monoisotopic (exact) mass is 284 g/mol. The van der Waals surface area contributed by atoms with E-state index in [1.54, 1.807) is 0 Å². The fourth-order valence-electron chi connectivity index (χ4n) is 1.18. The molecule has 2 rings (SSSR count). The number of para-hydroxylation sites is 1. The maximum Gasteiger partial charge on any atom is 0.321 e. The summed E-state index contributed by atoms with van der Waals surface area (Å²) in [5.74, 6) is 0.752. The zero-order valence-electron chi connectivity index (χ0n) is 8.82. The Morgan fingerprint density at radius 1 is 0.882 bits per heavy atom. The van der Waals surface area contributed by atoms with Crippen molar-refractivity contribution >= 4 is 30.8 Å². The van der Waals surface area contributed by atoms with Gasteiger partial charge in [-0.3, -0.25) is 0 Å². The van der Waals surface area contributed by atoms with Crippen molar-refractivity contribution in [3.63, 3.8) is 0 Å². The van der Waals surface area contributed by atoms with Gasteiger partial charge in [0.05, 0.1) is 11.9 Å². The van der Waals surface area contributed by atoms with E-state index in [9.17, 15) is 0 Å². The molecule has 88 valence electrons. The average Bonchev–Trinajstić information content (AvgIpc) is 2.40. The van der Waals surface area contributed by atoms with Crippen molar-refractivity contribution in [3.05, 3.63) is 60.7 Å². The van der Waals surface area contributed by atoms with Crippen LogP contribution in [0.25, 0.3) is 0 Å². The molecule has 0 aliphatic carbocycles. The molecule has 2 aromatic carbocycles. The molecule has 0 fully saturated rings. The molecule has 0 spiro atoms. The number of rotatable bonds is 5.